The average Bonchev–Trinajstić information content (AvgIpc) is 3.00. The van der Waals surface area contributed by atoms with E-state index >= 15 is 0 Å². The molecule has 0 radical (unpaired) electrons. The fraction of sp³-hybridized carbons (Fsp3) is 0.400. The third kappa shape index (κ3) is 3.42. The zero-order chi connectivity index (χ0) is 16.4. The first-order chi connectivity index (χ1) is 11.0. The summed E-state index contributed by atoms with van der Waals surface area (Å²) in [5.41, 5.74) is 0. The second-order valence-electron chi connectivity index (χ2n) is 5.65. The molecule has 0 unspecified atom stereocenters. The van der Waals surface area contributed by atoms with Crippen molar-refractivity contribution in [3.63, 3.8) is 0 Å². The summed E-state index contributed by atoms with van der Waals surface area (Å²) >= 11 is 0. The van der Waals surface area contributed by atoms with Crippen LogP contribution in [0.1, 0.15) is 12.8 Å². The molecule has 1 aliphatic rings. The highest BCUT2D eigenvalue weighted by atomic mass is 32.2. The van der Waals surface area contributed by atoms with E-state index < -0.39 is 26.6 Å². The van der Waals surface area contributed by atoms with Gasteiger partial charge in [0, 0.05) is 38.1 Å². The number of hydrogen-bond donors (Lipinski definition) is 0. The molecule has 0 saturated carbocycles. The number of hydrogen-bond acceptors (Lipinski definition) is 3. The predicted molar refractivity (Wildman–Crippen MR) is 80.1 cm³/mol. The van der Waals surface area contributed by atoms with E-state index in [2.05, 4.69) is 5.10 Å². The summed E-state index contributed by atoms with van der Waals surface area (Å²) in [7, 11) is -3.93. The van der Waals surface area contributed by atoms with E-state index in [-0.39, 0.29) is 0 Å². The average molecular weight is 341 g/mol. The van der Waals surface area contributed by atoms with Gasteiger partial charge in [0.15, 0.2) is 0 Å². The molecular formula is C15H17F2N3O2S. The van der Waals surface area contributed by atoms with Crippen LogP contribution < -0.4 is 0 Å². The fourth-order valence-electron chi connectivity index (χ4n) is 2.83. The van der Waals surface area contributed by atoms with Crippen LogP contribution in [0, 0.1) is 17.6 Å². The van der Waals surface area contributed by atoms with Crippen molar-refractivity contribution in [2.24, 2.45) is 5.92 Å². The first-order valence-electron chi connectivity index (χ1n) is 7.39. The van der Waals surface area contributed by atoms with Crippen molar-refractivity contribution in [2.45, 2.75) is 24.3 Å². The van der Waals surface area contributed by atoms with Crippen LogP contribution >= 0.6 is 0 Å². The number of halogens is 2. The molecular weight excluding hydrogens is 324 g/mol. The molecule has 1 fully saturated rings. The minimum atomic E-state index is -3.93. The number of rotatable bonds is 4. The lowest BCUT2D eigenvalue weighted by Crippen LogP contribution is -2.39. The Morgan fingerprint density at radius 1 is 1.22 bits per heavy atom. The summed E-state index contributed by atoms with van der Waals surface area (Å²) in [5, 5.41) is 4.15. The van der Waals surface area contributed by atoms with Crippen molar-refractivity contribution in [3.05, 3.63) is 48.3 Å². The molecule has 23 heavy (non-hydrogen) atoms. The highest BCUT2D eigenvalue weighted by Gasteiger charge is 2.31. The number of aromatic nitrogens is 2. The highest BCUT2D eigenvalue weighted by molar-refractivity contribution is 7.89. The normalized spacial score (nSPS) is 17.5. The van der Waals surface area contributed by atoms with Gasteiger partial charge in [-0.3, -0.25) is 4.68 Å². The van der Waals surface area contributed by atoms with Crippen molar-refractivity contribution in [3.8, 4) is 0 Å². The van der Waals surface area contributed by atoms with Crippen LogP contribution in [0.15, 0.2) is 41.6 Å². The number of sulfonamides is 1. The zero-order valence-corrected chi connectivity index (χ0v) is 13.2. The quantitative estimate of drug-likeness (QED) is 0.857. The molecule has 124 valence electrons. The lowest BCUT2D eigenvalue weighted by molar-refractivity contribution is 0.247. The maximum Gasteiger partial charge on any atom is 0.245 e. The lowest BCUT2D eigenvalue weighted by Gasteiger charge is -2.31. The van der Waals surface area contributed by atoms with Gasteiger partial charge in [-0.05, 0) is 37.0 Å². The molecule has 8 heteroatoms. The molecule has 2 heterocycles. The molecule has 3 rings (SSSR count). The van der Waals surface area contributed by atoms with Crippen LogP contribution in [0.4, 0.5) is 8.78 Å². The largest absolute Gasteiger partial charge is 0.272 e. The van der Waals surface area contributed by atoms with Gasteiger partial charge < -0.3 is 0 Å². The Kier molecular flexibility index (Phi) is 4.45. The van der Waals surface area contributed by atoms with E-state index in [1.807, 2.05) is 16.9 Å². The molecule has 1 aromatic carbocycles. The smallest absolute Gasteiger partial charge is 0.245 e. The van der Waals surface area contributed by atoms with E-state index in [4.69, 9.17) is 0 Å². The van der Waals surface area contributed by atoms with E-state index in [0.29, 0.717) is 37.9 Å². The molecule has 0 bridgehead atoms. The topological polar surface area (TPSA) is 55.2 Å². The Bertz CT molecular complexity index is 770. The van der Waals surface area contributed by atoms with Gasteiger partial charge in [-0.2, -0.15) is 9.40 Å². The van der Waals surface area contributed by atoms with Gasteiger partial charge in [-0.1, -0.05) is 0 Å². The Morgan fingerprint density at radius 2 is 1.96 bits per heavy atom. The summed E-state index contributed by atoms with van der Waals surface area (Å²) in [6.45, 7) is 1.39. The maximum absolute atomic E-state index is 13.8. The second kappa shape index (κ2) is 6.37. The summed E-state index contributed by atoms with van der Waals surface area (Å²) < 4.78 is 54.8. The molecule has 0 N–H and O–H groups in total. The molecule has 1 aromatic heterocycles. The van der Waals surface area contributed by atoms with Gasteiger partial charge in [0.2, 0.25) is 10.0 Å². The molecule has 0 aliphatic carbocycles. The first-order valence-corrected chi connectivity index (χ1v) is 8.83. The molecule has 5 nitrogen and oxygen atoms in total. The molecule has 0 spiro atoms. The van der Waals surface area contributed by atoms with Gasteiger partial charge in [0.1, 0.15) is 16.5 Å². The lowest BCUT2D eigenvalue weighted by atomic mass is 9.98. The van der Waals surface area contributed by atoms with E-state index in [1.165, 1.54) is 4.31 Å². The fourth-order valence-corrected chi connectivity index (χ4v) is 4.34. The second-order valence-corrected chi connectivity index (χ2v) is 7.56. The van der Waals surface area contributed by atoms with Crippen LogP contribution in [0.5, 0.6) is 0 Å². The van der Waals surface area contributed by atoms with Crippen LogP contribution in [-0.2, 0) is 16.6 Å². The van der Waals surface area contributed by atoms with Crippen molar-refractivity contribution in [2.75, 3.05) is 13.1 Å². The monoisotopic (exact) mass is 341 g/mol. The number of nitrogens with zero attached hydrogens (tertiary/aromatic N) is 3. The Morgan fingerprint density at radius 3 is 2.57 bits per heavy atom. The third-order valence-corrected chi connectivity index (χ3v) is 6.02. The molecule has 2 aromatic rings. The summed E-state index contributed by atoms with van der Waals surface area (Å²) in [5.74, 6) is -1.51. The van der Waals surface area contributed by atoms with Crippen molar-refractivity contribution in [1.82, 2.24) is 14.1 Å². The minimum absolute atomic E-state index is 0.324. The maximum atomic E-state index is 13.8. The molecule has 0 atom stereocenters. The van der Waals surface area contributed by atoms with Crippen molar-refractivity contribution < 1.29 is 17.2 Å². The highest BCUT2D eigenvalue weighted by Crippen LogP contribution is 2.26. The van der Waals surface area contributed by atoms with E-state index in [9.17, 15) is 17.2 Å². The van der Waals surface area contributed by atoms with Crippen LogP contribution in [0.25, 0.3) is 0 Å². The Labute approximate surface area is 133 Å². The molecule has 1 saturated heterocycles. The summed E-state index contributed by atoms with van der Waals surface area (Å²) in [6.07, 6.45) is 4.94. The molecule has 0 amide bonds. The van der Waals surface area contributed by atoms with Crippen LogP contribution in [0.3, 0.4) is 0 Å². The van der Waals surface area contributed by atoms with E-state index in [1.54, 1.807) is 6.20 Å². The minimum Gasteiger partial charge on any atom is -0.272 e. The summed E-state index contributed by atoms with van der Waals surface area (Å²) in [6, 6.07) is 4.38. The Balaban J connectivity index is 1.68. The summed E-state index contributed by atoms with van der Waals surface area (Å²) in [4.78, 5) is -0.468. The SMILES string of the molecule is O=S(=O)(c1ccc(F)cc1F)N1CCC(Cn2cccn2)CC1. The van der Waals surface area contributed by atoms with Gasteiger partial charge >= 0.3 is 0 Å². The number of benzene rings is 1. The number of piperidine rings is 1. The van der Waals surface area contributed by atoms with Gasteiger partial charge in [0.25, 0.3) is 0 Å². The zero-order valence-electron chi connectivity index (χ0n) is 12.4. The standard InChI is InChI=1S/C15H17F2N3O2S/c16-13-2-3-15(14(17)10-13)23(21,22)20-8-4-12(5-9-20)11-19-7-1-6-18-19/h1-3,6-7,10,12H,4-5,8-9,11H2. The van der Waals surface area contributed by atoms with Crippen LogP contribution in [-0.4, -0.2) is 35.6 Å². The predicted octanol–water partition coefficient (Wildman–Crippen LogP) is 2.26. The molecule has 1 aliphatic heterocycles. The van der Waals surface area contributed by atoms with Gasteiger partial charge in [-0.25, -0.2) is 17.2 Å². The van der Waals surface area contributed by atoms with E-state index in [0.717, 1.165) is 18.7 Å². The van der Waals surface area contributed by atoms with Gasteiger partial charge in [0.05, 0.1) is 0 Å². The third-order valence-electron chi connectivity index (χ3n) is 4.09. The first kappa shape index (κ1) is 16.1. The van der Waals surface area contributed by atoms with Crippen molar-refractivity contribution in [1.29, 1.82) is 0 Å². The van der Waals surface area contributed by atoms with Crippen LogP contribution in [0.2, 0.25) is 0 Å². The Hall–Kier alpha value is -1.80. The van der Waals surface area contributed by atoms with Gasteiger partial charge in [-0.15, -0.1) is 0 Å². The van der Waals surface area contributed by atoms with Crippen molar-refractivity contribution >= 4 is 10.0 Å².